The average molecular weight is 373 g/mol. The van der Waals surface area contributed by atoms with Gasteiger partial charge < -0.3 is 9.64 Å². The molecule has 0 radical (unpaired) electrons. The Morgan fingerprint density at radius 2 is 1.78 bits per heavy atom. The van der Waals surface area contributed by atoms with Crippen LogP contribution in [0.5, 0.6) is 0 Å². The number of halogens is 2. The molecule has 1 fully saturated rings. The van der Waals surface area contributed by atoms with E-state index in [0.717, 1.165) is 0 Å². The number of carbonyl (C=O) groups excluding carboxylic acids is 2. The maximum atomic E-state index is 13.9. The molecule has 1 unspecified atom stereocenters. The van der Waals surface area contributed by atoms with E-state index in [0.29, 0.717) is 37.2 Å². The Balaban J connectivity index is 1.50. The number of morpholine rings is 1. The van der Waals surface area contributed by atoms with Gasteiger partial charge in [0.1, 0.15) is 17.7 Å². The summed E-state index contributed by atoms with van der Waals surface area (Å²) in [4.78, 5) is 26.2. The molecule has 4 nitrogen and oxygen atoms in total. The Morgan fingerprint density at radius 1 is 1.04 bits per heavy atom. The summed E-state index contributed by atoms with van der Waals surface area (Å²) in [6.45, 7) is 1.10. The summed E-state index contributed by atoms with van der Waals surface area (Å²) in [6.07, 6.45) is 0.385. The first-order valence-corrected chi connectivity index (χ1v) is 8.97. The number of ether oxygens (including phenoxy) is 1. The third-order valence-electron chi connectivity index (χ3n) is 4.63. The van der Waals surface area contributed by atoms with Crippen molar-refractivity contribution in [3.63, 3.8) is 0 Å². The van der Waals surface area contributed by atoms with Crippen LogP contribution in [-0.2, 0) is 9.53 Å². The molecule has 1 saturated heterocycles. The predicted molar refractivity (Wildman–Crippen MR) is 96.3 cm³/mol. The molecule has 2 aromatic rings. The molecule has 3 rings (SSSR count). The fourth-order valence-corrected chi connectivity index (χ4v) is 3.14. The van der Waals surface area contributed by atoms with Crippen LogP contribution in [0.1, 0.15) is 41.3 Å². The molecule has 0 N–H and O–H groups in total. The van der Waals surface area contributed by atoms with Crippen molar-refractivity contribution < 1.29 is 23.1 Å². The third-order valence-corrected chi connectivity index (χ3v) is 4.63. The molecule has 0 aliphatic carbocycles. The second-order valence-electron chi connectivity index (χ2n) is 6.50. The topological polar surface area (TPSA) is 46.6 Å². The summed E-state index contributed by atoms with van der Waals surface area (Å²) in [7, 11) is 0. The number of rotatable bonds is 6. The van der Waals surface area contributed by atoms with Gasteiger partial charge in [0.2, 0.25) is 5.91 Å². The van der Waals surface area contributed by atoms with Crippen LogP contribution in [0.3, 0.4) is 0 Å². The van der Waals surface area contributed by atoms with Gasteiger partial charge in [-0.25, -0.2) is 8.78 Å². The minimum Gasteiger partial charge on any atom is -0.370 e. The molecular weight excluding hydrogens is 352 g/mol. The quantitative estimate of drug-likeness (QED) is 0.721. The number of nitrogens with zero attached hydrogens (tertiary/aromatic N) is 1. The largest absolute Gasteiger partial charge is 0.370 e. The molecule has 1 aliphatic rings. The van der Waals surface area contributed by atoms with Gasteiger partial charge >= 0.3 is 0 Å². The number of Topliss-reactive ketones (excluding diaryl/α,β-unsaturated/α-hetero) is 1. The summed E-state index contributed by atoms with van der Waals surface area (Å²) in [5.41, 5.74) is 0.885. The Morgan fingerprint density at radius 3 is 2.52 bits per heavy atom. The van der Waals surface area contributed by atoms with Crippen molar-refractivity contribution in [2.24, 2.45) is 0 Å². The molecule has 1 aliphatic heterocycles. The van der Waals surface area contributed by atoms with Crippen molar-refractivity contribution in [3.8, 4) is 0 Å². The molecule has 1 atom stereocenters. The summed E-state index contributed by atoms with van der Waals surface area (Å²) in [5, 5.41) is 0. The Kier molecular flexibility index (Phi) is 6.29. The molecule has 1 amide bonds. The van der Waals surface area contributed by atoms with Gasteiger partial charge in [0.25, 0.3) is 0 Å². The monoisotopic (exact) mass is 373 g/mol. The van der Waals surface area contributed by atoms with E-state index in [1.165, 1.54) is 30.3 Å². The lowest BCUT2D eigenvalue weighted by atomic mass is 10.0. The molecule has 142 valence electrons. The van der Waals surface area contributed by atoms with Gasteiger partial charge in [-0.05, 0) is 36.8 Å². The number of hydrogen-bond donors (Lipinski definition) is 0. The van der Waals surface area contributed by atoms with Gasteiger partial charge in [0, 0.05) is 30.5 Å². The van der Waals surface area contributed by atoms with E-state index in [1.54, 1.807) is 23.1 Å². The molecule has 27 heavy (non-hydrogen) atoms. The highest BCUT2D eigenvalue weighted by molar-refractivity contribution is 5.96. The van der Waals surface area contributed by atoms with E-state index in [-0.39, 0.29) is 30.3 Å². The SMILES string of the molecule is O=C(CCCC(=O)N1CCOC(c2ccccc2F)C1)c1ccc(F)cc1. The lowest BCUT2D eigenvalue weighted by molar-refractivity contribution is -0.139. The fraction of sp³-hybridized carbons (Fsp3) is 0.333. The zero-order valence-electron chi connectivity index (χ0n) is 14.9. The number of hydrogen-bond acceptors (Lipinski definition) is 3. The lowest BCUT2D eigenvalue weighted by Crippen LogP contribution is -2.42. The van der Waals surface area contributed by atoms with Gasteiger partial charge in [-0.3, -0.25) is 9.59 Å². The van der Waals surface area contributed by atoms with Crippen LogP contribution in [-0.4, -0.2) is 36.3 Å². The Labute approximate surface area is 156 Å². The Bertz CT molecular complexity index is 807. The van der Waals surface area contributed by atoms with Crippen LogP contribution in [0, 0.1) is 11.6 Å². The second-order valence-corrected chi connectivity index (χ2v) is 6.50. The van der Waals surface area contributed by atoms with Crippen LogP contribution >= 0.6 is 0 Å². The molecule has 2 aromatic carbocycles. The van der Waals surface area contributed by atoms with E-state index in [2.05, 4.69) is 0 Å². The molecule has 1 heterocycles. The number of benzene rings is 2. The van der Waals surface area contributed by atoms with Crippen molar-refractivity contribution in [2.45, 2.75) is 25.4 Å². The minimum atomic E-state index is -0.482. The smallest absolute Gasteiger partial charge is 0.222 e. The van der Waals surface area contributed by atoms with Crippen molar-refractivity contribution >= 4 is 11.7 Å². The van der Waals surface area contributed by atoms with Crippen molar-refractivity contribution in [1.29, 1.82) is 0 Å². The average Bonchev–Trinajstić information content (AvgIpc) is 2.69. The van der Waals surface area contributed by atoms with Gasteiger partial charge in [-0.15, -0.1) is 0 Å². The third kappa shape index (κ3) is 4.98. The van der Waals surface area contributed by atoms with Crippen LogP contribution in [0.2, 0.25) is 0 Å². The molecule has 0 bridgehead atoms. The molecule has 0 saturated carbocycles. The highest BCUT2D eigenvalue weighted by Gasteiger charge is 2.26. The first kappa shape index (κ1) is 19.2. The van der Waals surface area contributed by atoms with Gasteiger partial charge in [0.05, 0.1) is 13.2 Å². The van der Waals surface area contributed by atoms with Crippen molar-refractivity contribution in [1.82, 2.24) is 4.90 Å². The summed E-state index contributed by atoms with van der Waals surface area (Å²) < 4.78 is 32.5. The van der Waals surface area contributed by atoms with E-state index < -0.39 is 11.9 Å². The Hall–Kier alpha value is -2.60. The lowest BCUT2D eigenvalue weighted by Gasteiger charge is -2.33. The van der Waals surface area contributed by atoms with Crippen molar-refractivity contribution in [2.75, 3.05) is 19.7 Å². The molecule has 6 heteroatoms. The highest BCUT2D eigenvalue weighted by atomic mass is 19.1. The molecular formula is C21H21F2NO3. The van der Waals surface area contributed by atoms with E-state index >= 15 is 0 Å². The molecule has 0 aromatic heterocycles. The van der Waals surface area contributed by atoms with Crippen LogP contribution in [0.4, 0.5) is 8.78 Å². The summed E-state index contributed by atoms with van der Waals surface area (Å²) >= 11 is 0. The maximum absolute atomic E-state index is 13.9. The summed E-state index contributed by atoms with van der Waals surface area (Å²) in [6, 6.07) is 11.8. The second kappa shape index (κ2) is 8.86. The number of amides is 1. The first-order valence-electron chi connectivity index (χ1n) is 8.97. The fourth-order valence-electron chi connectivity index (χ4n) is 3.14. The summed E-state index contributed by atoms with van der Waals surface area (Å²) in [5.74, 6) is -0.930. The predicted octanol–water partition coefficient (Wildman–Crippen LogP) is 3.92. The van der Waals surface area contributed by atoms with Crippen LogP contribution in [0.15, 0.2) is 48.5 Å². The highest BCUT2D eigenvalue weighted by Crippen LogP contribution is 2.25. The molecule has 0 spiro atoms. The zero-order valence-corrected chi connectivity index (χ0v) is 14.9. The first-order chi connectivity index (χ1) is 13.0. The maximum Gasteiger partial charge on any atom is 0.222 e. The van der Waals surface area contributed by atoms with Gasteiger partial charge in [-0.1, -0.05) is 18.2 Å². The van der Waals surface area contributed by atoms with E-state index in [9.17, 15) is 18.4 Å². The minimum absolute atomic E-state index is 0.0773. The normalized spacial score (nSPS) is 17.0. The number of carbonyl (C=O) groups is 2. The van der Waals surface area contributed by atoms with Gasteiger partial charge in [0.15, 0.2) is 5.78 Å². The standard InChI is InChI=1S/C21H21F2NO3/c22-16-10-8-15(9-11-16)19(25)6-3-7-21(26)24-12-13-27-20(14-24)17-4-1-2-5-18(17)23/h1-2,4-5,8-11,20H,3,6-7,12-14H2. The van der Waals surface area contributed by atoms with Crippen LogP contribution in [0.25, 0.3) is 0 Å². The van der Waals surface area contributed by atoms with E-state index in [4.69, 9.17) is 4.74 Å². The van der Waals surface area contributed by atoms with E-state index in [1.807, 2.05) is 0 Å². The van der Waals surface area contributed by atoms with Crippen molar-refractivity contribution in [3.05, 3.63) is 71.3 Å². The zero-order chi connectivity index (χ0) is 19.2. The van der Waals surface area contributed by atoms with Gasteiger partial charge in [-0.2, -0.15) is 0 Å². The van der Waals surface area contributed by atoms with Crippen LogP contribution < -0.4 is 0 Å². The number of ketones is 1.